The number of thiazole rings is 1. The zero-order chi connectivity index (χ0) is 34.4. The van der Waals surface area contributed by atoms with Gasteiger partial charge in [-0.25, -0.2) is 9.78 Å². The number of nitrogens with zero attached hydrogens (tertiary/aromatic N) is 4. The van der Waals surface area contributed by atoms with E-state index in [1.165, 1.54) is 17.5 Å². The molecule has 2 fully saturated rings. The van der Waals surface area contributed by atoms with Gasteiger partial charge in [-0.2, -0.15) is 5.10 Å². The SMILES string of the molecule is CCOC(=O)[C@@H](OC(C)(C)C)c1c(C)cc2nc(-c3ccc4c(c3)c(C3CCN(C[C@H]5CCN5)CC3)nn4C)sc2c1-c1ccc(Cl)cc1. The molecule has 0 bridgehead atoms. The van der Waals surface area contributed by atoms with Crippen LogP contribution in [0.3, 0.4) is 0 Å². The molecule has 10 heteroatoms. The van der Waals surface area contributed by atoms with Gasteiger partial charge >= 0.3 is 5.97 Å². The predicted molar refractivity (Wildman–Crippen MR) is 200 cm³/mol. The lowest BCUT2D eigenvalue weighted by atomic mass is 9.90. The number of likely N-dealkylation sites (tertiary alicyclic amines) is 1. The summed E-state index contributed by atoms with van der Waals surface area (Å²) in [4.78, 5) is 21.4. The molecular weight excluding hydrogens is 654 g/mol. The van der Waals surface area contributed by atoms with Crippen LogP contribution >= 0.6 is 22.9 Å². The minimum atomic E-state index is -0.911. The Hall–Kier alpha value is -3.34. The van der Waals surface area contributed by atoms with E-state index in [4.69, 9.17) is 31.2 Å². The maximum atomic E-state index is 13.6. The van der Waals surface area contributed by atoms with E-state index in [1.807, 2.05) is 70.6 Å². The highest BCUT2D eigenvalue weighted by molar-refractivity contribution is 7.22. The molecule has 2 atom stereocenters. The normalized spacial score (nSPS) is 18.2. The summed E-state index contributed by atoms with van der Waals surface area (Å²) in [6, 6.07) is 17.1. The number of hydrogen-bond acceptors (Lipinski definition) is 8. The maximum absolute atomic E-state index is 13.6. The molecule has 0 radical (unpaired) electrons. The molecule has 2 saturated heterocycles. The van der Waals surface area contributed by atoms with Crippen LogP contribution in [-0.4, -0.2) is 70.1 Å². The number of aromatic nitrogens is 3. The van der Waals surface area contributed by atoms with Crippen molar-refractivity contribution in [3.63, 3.8) is 0 Å². The van der Waals surface area contributed by atoms with Crippen molar-refractivity contribution in [2.24, 2.45) is 7.05 Å². The second kappa shape index (κ2) is 13.8. The summed E-state index contributed by atoms with van der Waals surface area (Å²) in [6.07, 6.45) is 2.62. The fourth-order valence-corrected chi connectivity index (χ4v) is 8.55. The number of aryl methyl sites for hydroxylation is 2. The van der Waals surface area contributed by atoms with Crippen molar-refractivity contribution >= 4 is 50.0 Å². The highest BCUT2D eigenvalue weighted by atomic mass is 35.5. The first kappa shape index (κ1) is 34.1. The Morgan fingerprint density at radius 2 is 1.80 bits per heavy atom. The molecule has 0 saturated carbocycles. The van der Waals surface area contributed by atoms with E-state index >= 15 is 0 Å². The summed E-state index contributed by atoms with van der Waals surface area (Å²) in [5.41, 5.74) is 7.26. The number of carbonyl (C=O) groups excluding carboxylic acids is 1. The smallest absolute Gasteiger partial charge is 0.339 e. The van der Waals surface area contributed by atoms with E-state index in [2.05, 4.69) is 34.5 Å². The van der Waals surface area contributed by atoms with Crippen LogP contribution in [0.2, 0.25) is 5.02 Å². The van der Waals surface area contributed by atoms with Crippen LogP contribution in [-0.2, 0) is 21.3 Å². The molecule has 2 aliphatic rings. The summed E-state index contributed by atoms with van der Waals surface area (Å²) in [6.45, 7) is 14.5. The topological polar surface area (TPSA) is 81.5 Å². The summed E-state index contributed by atoms with van der Waals surface area (Å²) in [5, 5.41) is 11.4. The lowest BCUT2D eigenvalue weighted by Crippen LogP contribution is -2.51. The minimum Gasteiger partial charge on any atom is -0.464 e. The van der Waals surface area contributed by atoms with Crippen LogP contribution in [0.4, 0.5) is 0 Å². The van der Waals surface area contributed by atoms with Gasteiger partial charge in [-0.05, 0) is 121 Å². The molecule has 7 rings (SSSR count). The van der Waals surface area contributed by atoms with Crippen LogP contribution in [0.1, 0.15) is 75.8 Å². The zero-order valence-electron chi connectivity index (χ0n) is 29.3. The first-order valence-electron chi connectivity index (χ1n) is 17.5. The van der Waals surface area contributed by atoms with Gasteiger partial charge in [-0.1, -0.05) is 23.7 Å². The van der Waals surface area contributed by atoms with E-state index in [0.717, 1.165) is 87.6 Å². The van der Waals surface area contributed by atoms with Gasteiger partial charge in [-0.3, -0.25) is 4.68 Å². The van der Waals surface area contributed by atoms with E-state index in [9.17, 15) is 4.79 Å². The molecule has 0 amide bonds. The predicted octanol–water partition coefficient (Wildman–Crippen LogP) is 8.44. The van der Waals surface area contributed by atoms with E-state index in [1.54, 1.807) is 11.3 Å². The molecule has 0 spiro atoms. The molecule has 3 aromatic carbocycles. The van der Waals surface area contributed by atoms with Gasteiger partial charge in [0.05, 0.1) is 33.6 Å². The highest BCUT2D eigenvalue weighted by Gasteiger charge is 2.34. The Morgan fingerprint density at radius 1 is 1.08 bits per heavy atom. The van der Waals surface area contributed by atoms with Gasteiger partial charge in [0.2, 0.25) is 0 Å². The van der Waals surface area contributed by atoms with Crippen molar-refractivity contribution < 1.29 is 14.3 Å². The lowest BCUT2D eigenvalue weighted by molar-refractivity contribution is -0.166. The number of piperidine rings is 1. The average molecular weight is 700 g/mol. The van der Waals surface area contributed by atoms with Gasteiger partial charge in [0.15, 0.2) is 6.10 Å². The highest BCUT2D eigenvalue weighted by Crippen LogP contribution is 2.45. The number of hydrogen-bond donors (Lipinski definition) is 1. The molecule has 2 aliphatic heterocycles. The molecule has 0 unspecified atom stereocenters. The maximum Gasteiger partial charge on any atom is 0.339 e. The number of halogens is 1. The number of esters is 1. The van der Waals surface area contributed by atoms with Crippen molar-refractivity contribution in [1.29, 1.82) is 0 Å². The van der Waals surface area contributed by atoms with Gasteiger partial charge in [-0.15, -0.1) is 11.3 Å². The van der Waals surface area contributed by atoms with Gasteiger partial charge in [0.1, 0.15) is 5.01 Å². The largest absolute Gasteiger partial charge is 0.464 e. The number of ether oxygens (including phenoxy) is 2. The Labute approximate surface area is 297 Å². The third-order valence-corrected chi connectivity index (χ3v) is 11.2. The van der Waals surface area contributed by atoms with Crippen molar-refractivity contribution in [3.05, 3.63) is 70.4 Å². The Balaban J connectivity index is 1.31. The number of fused-ring (bicyclic) bond motifs is 2. The molecular formula is C39H46ClN5O3S. The molecule has 8 nitrogen and oxygen atoms in total. The third kappa shape index (κ3) is 7.01. The second-order valence-corrected chi connectivity index (χ2v) is 15.9. The summed E-state index contributed by atoms with van der Waals surface area (Å²) in [7, 11) is 2.04. The molecule has 4 heterocycles. The fourth-order valence-electron chi connectivity index (χ4n) is 7.30. The first-order chi connectivity index (χ1) is 23.5. The number of carbonyl (C=O) groups is 1. The quantitative estimate of drug-likeness (QED) is 0.155. The minimum absolute atomic E-state index is 0.265. The molecule has 5 aromatic rings. The Kier molecular flexibility index (Phi) is 9.58. The Bertz CT molecular complexity index is 1980. The van der Waals surface area contributed by atoms with Crippen LogP contribution in [0.15, 0.2) is 48.5 Å². The summed E-state index contributed by atoms with van der Waals surface area (Å²) >= 11 is 7.99. The first-order valence-corrected chi connectivity index (χ1v) is 18.7. The molecule has 49 heavy (non-hydrogen) atoms. The lowest BCUT2D eigenvalue weighted by Gasteiger charge is -2.37. The fraction of sp³-hybridized carbons (Fsp3) is 0.462. The van der Waals surface area contributed by atoms with Crippen molar-refractivity contribution in [3.8, 4) is 21.7 Å². The summed E-state index contributed by atoms with van der Waals surface area (Å²) in [5.74, 6) is 0.0317. The molecule has 1 N–H and O–H groups in total. The number of benzene rings is 3. The summed E-state index contributed by atoms with van der Waals surface area (Å²) < 4.78 is 15.1. The molecule has 2 aromatic heterocycles. The molecule has 258 valence electrons. The van der Waals surface area contributed by atoms with Gasteiger partial charge < -0.3 is 19.7 Å². The van der Waals surface area contributed by atoms with Crippen LogP contribution in [0.25, 0.3) is 42.8 Å². The standard InChI is InChI=1S/C39H46ClN5O3S/c1-7-47-38(46)35(48-39(3,4)5)32-23(2)20-30-36(33(32)24-8-11-27(40)12-9-24)49-37(42-30)26-10-13-31-29(21-26)34(43-44(31)6)25-15-18-45(19-16-25)22-28-14-17-41-28/h8-13,20-21,25,28,35,41H,7,14-19,22H2,1-6H3/t28-,35+/m1/s1. The van der Waals surface area contributed by atoms with Gasteiger partial charge in [0, 0.05) is 52.7 Å². The Morgan fingerprint density at radius 3 is 2.45 bits per heavy atom. The number of rotatable bonds is 9. The second-order valence-electron chi connectivity index (χ2n) is 14.5. The average Bonchev–Trinajstić information content (AvgIpc) is 3.62. The van der Waals surface area contributed by atoms with Crippen LogP contribution in [0.5, 0.6) is 0 Å². The van der Waals surface area contributed by atoms with Crippen molar-refractivity contribution in [2.75, 3.05) is 32.8 Å². The van der Waals surface area contributed by atoms with Gasteiger partial charge in [0.25, 0.3) is 0 Å². The van der Waals surface area contributed by atoms with E-state index in [0.29, 0.717) is 17.0 Å². The van der Waals surface area contributed by atoms with E-state index in [-0.39, 0.29) is 6.61 Å². The molecule has 0 aliphatic carbocycles. The third-order valence-electron chi connectivity index (χ3n) is 9.80. The number of nitrogens with one attached hydrogen (secondary N) is 1. The monoisotopic (exact) mass is 699 g/mol. The van der Waals surface area contributed by atoms with Crippen LogP contribution in [0, 0.1) is 6.92 Å². The van der Waals surface area contributed by atoms with Crippen molar-refractivity contribution in [2.45, 2.75) is 77.5 Å². The zero-order valence-corrected chi connectivity index (χ0v) is 30.9. The van der Waals surface area contributed by atoms with E-state index < -0.39 is 17.7 Å². The van der Waals surface area contributed by atoms with Crippen molar-refractivity contribution in [1.82, 2.24) is 25.0 Å². The van der Waals surface area contributed by atoms with Crippen LogP contribution < -0.4 is 5.32 Å².